The summed E-state index contributed by atoms with van der Waals surface area (Å²) in [5, 5.41) is 8.81. The van der Waals surface area contributed by atoms with Gasteiger partial charge in [-0.05, 0) is 39.1 Å². The van der Waals surface area contributed by atoms with Gasteiger partial charge < -0.3 is 14.7 Å². The molecule has 134 valence electrons. The molecular formula is C15H22N2O6S. The number of methoxy groups -OCH3 is 1. The second-order valence-electron chi connectivity index (χ2n) is 5.31. The number of nitrogens with zero attached hydrogens (tertiary/aromatic N) is 1. The number of ether oxygens (including phenoxy) is 1. The van der Waals surface area contributed by atoms with Crippen LogP contribution in [0.25, 0.3) is 0 Å². The molecule has 0 unspecified atom stereocenters. The maximum Gasteiger partial charge on any atom is 0.305 e. The Morgan fingerprint density at radius 3 is 2.42 bits per heavy atom. The number of aliphatic carboxylic acids is 1. The molecule has 0 aliphatic carbocycles. The molecule has 1 rings (SSSR count). The van der Waals surface area contributed by atoms with Crippen LogP contribution in [0.5, 0.6) is 5.75 Å². The van der Waals surface area contributed by atoms with E-state index in [4.69, 9.17) is 9.84 Å². The van der Waals surface area contributed by atoms with Crippen molar-refractivity contribution in [2.45, 2.75) is 31.2 Å². The van der Waals surface area contributed by atoms with E-state index in [2.05, 4.69) is 4.72 Å². The van der Waals surface area contributed by atoms with Crippen molar-refractivity contribution in [3.8, 4) is 5.75 Å². The average Bonchev–Trinajstić information content (AvgIpc) is 2.53. The van der Waals surface area contributed by atoms with E-state index in [0.29, 0.717) is 0 Å². The van der Waals surface area contributed by atoms with Crippen molar-refractivity contribution in [2.75, 3.05) is 20.7 Å². The van der Waals surface area contributed by atoms with Gasteiger partial charge in [-0.1, -0.05) is 0 Å². The van der Waals surface area contributed by atoms with Crippen LogP contribution in [0.2, 0.25) is 0 Å². The second kappa shape index (κ2) is 8.11. The Bertz CT molecular complexity index is 715. The molecule has 0 heterocycles. The van der Waals surface area contributed by atoms with Gasteiger partial charge in [0.25, 0.3) is 5.91 Å². The van der Waals surface area contributed by atoms with Crippen molar-refractivity contribution < 1.29 is 27.9 Å². The summed E-state index contributed by atoms with van der Waals surface area (Å²) < 4.78 is 31.4. The van der Waals surface area contributed by atoms with Crippen molar-refractivity contribution in [1.82, 2.24) is 9.62 Å². The summed E-state index contributed by atoms with van der Waals surface area (Å²) in [6.45, 7) is 3.55. The van der Waals surface area contributed by atoms with Crippen molar-refractivity contribution in [1.29, 1.82) is 0 Å². The minimum absolute atomic E-state index is 0.0337. The Labute approximate surface area is 141 Å². The maximum absolute atomic E-state index is 12.6. The number of rotatable bonds is 8. The van der Waals surface area contributed by atoms with Crippen molar-refractivity contribution >= 4 is 21.9 Å². The molecule has 0 atom stereocenters. The monoisotopic (exact) mass is 358 g/mol. The first-order valence-electron chi connectivity index (χ1n) is 7.28. The van der Waals surface area contributed by atoms with E-state index in [1.54, 1.807) is 13.8 Å². The Hall–Kier alpha value is -2.13. The highest BCUT2D eigenvalue weighted by Gasteiger charge is 2.24. The van der Waals surface area contributed by atoms with Gasteiger partial charge in [-0.15, -0.1) is 0 Å². The minimum atomic E-state index is -3.81. The summed E-state index contributed by atoms with van der Waals surface area (Å²) in [6, 6.07) is 3.84. The summed E-state index contributed by atoms with van der Waals surface area (Å²) in [4.78, 5) is 24.6. The van der Waals surface area contributed by atoms with E-state index >= 15 is 0 Å². The molecule has 8 nitrogen and oxygen atoms in total. The third kappa shape index (κ3) is 4.68. The molecule has 1 aromatic carbocycles. The molecule has 0 aromatic heterocycles. The smallest absolute Gasteiger partial charge is 0.305 e. The average molecular weight is 358 g/mol. The normalized spacial score (nSPS) is 11.4. The molecule has 1 amide bonds. The van der Waals surface area contributed by atoms with Crippen LogP contribution in [0.15, 0.2) is 23.1 Å². The van der Waals surface area contributed by atoms with Crippen molar-refractivity contribution in [3.63, 3.8) is 0 Å². The number of nitrogens with one attached hydrogen (secondary N) is 1. The van der Waals surface area contributed by atoms with Crippen molar-refractivity contribution in [3.05, 3.63) is 23.8 Å². The molecule has 0 saturated heterocycles. The fourth-order valence-electron chi connectivity index (χ4n) is 2.11. The molecule has 0 fully saturated rings. The standard InChI is InChI=1S/C15H22N2O6S/c1-10(2)17(8-7-14(18)19)15(20)11-5-6-12(23-4)13(9-11)24(21,22)16-3/h5-6,9-10,16H,7-8H2,1-4H3,(H,18,19). The van der Waals surface area contributed by atoms with Crippen LogP contribution in [0.4, 0.5) is 0 Å². The maximum atomic E-state index is 12.6. The van der Waals surface area contributed by atoms with Gasteiger partial charge in [0.15, 0.2) is 0 Å². The summed E-state index contributed by atoms with van der Waals surface area (Å²) >= 11 is 0. The molecule has 0 aliphatic rings. The first-order valence-corrected chi connectivity index (χ1v) is 8.76. The fourth-order valence-corrected chi connectivity index (χ4v) is 3.02. The first-order chi connectivity index (χ1) is 11.1. The minimum Gasteiger partial charge on any atom is -0.495 e. The van der Waals surface area contributed by atoms with E-state index < -0.39 is 21.9 Å². The summed E-state index contributed by atoms with van der Waals surface area (Å²) in [5.41, 5.74) is 0.142. The zero-order chi connectivity index (χ0) is 18.5. The highest BCUT2D eigenvalue weighted by Crippen LogP contribution is 2.25. The summed E-state index contributed by atoms with van der Waals surface area (Å²) in [7, 11) is -1.22. The third-order valence-electron chi connectivity index (χ3n) is 3.42. The van der Waals surface area contributed by atoms with Gasteiger partial charge in [0, 0.05) is 18.2 Å². The van der Waals surface area contributed by atoms with Gasteiger partial charge in [-0.2, -0.15) is 0 Å². The first kappa shape index (κ1) is 19.9. The van der Waals surface area contributed by atoms with E-state index in [1.807, 2.05) is 0 Å². The molecule has 2 N–H and O–H groups in total. The number of carboxylic acids is 1. The van der Waals surface area contributed by atoms with E-state index in [9.17, 15) is 18.0 Å². The topological polar surface area (TPSA) is 113 Å². The molecule has 0 radical (unpaired) electrons. The van der Waals surface area contributed by atoms with Gasteiger partial charge in [-0.25, -0.2) is 13.1 Å². The van der Waals surface area contributed by atoms with Gasteiger partial charge in [0.2, 0.25) is 10.0 Å². The number of sulfonamides is 1. The Kier molecular flexibility index (Phi) is 6.73. The molecule has 0 saturated carbocycles. The van der Waals surface area contributed by atoms with Crippen LogP contribution in [0, 0.1) is 0 Å². The largest absolute Gasteiger partial charge is 0.495 e. The van der Waals surface area contributed by atoms with Gasteiger partial charge in [-0.3, -0.25) is 9.59 Å². The number of hydrogen-bond donors (Lipinski definition) is 2. The fraction of sp³-hybridized carbons (Fsp3) is 0.467. The number of carbonyl (C=O) groups excluding carboxylic acids is 1. The lowest BCUT2D eigenvalue weighted by molar-refractivity contribution is -0.137. The molecule has 24 heavy (non-hydrogen) atoms. The van der Waals surface area contributed by atoms with Crippen LogP contribution in [-0.4, -0.2) is 57.0 Å². The van der Waals surface area contributed by atoms with E-state index in [0.717, 1.165) is 0 Å². The molecule has 0 bridgehead atoms. The van der Waals surface area contributed by atoms with Crippen LogP contribution in [-0.2, 0) is 14.8 Å². The second-order valence-corrected chi connectivity index (χ2v) is 7.16. The van der Waals surface area contributed by atoms with Gasteiger partial charge >= 0.3 is 5.97 Å². The van der Waals surface area contributed by atoms with E-state index in [1.165, 1.54) is 37.3 Å². The lowest BCUT2D eigenvalue weighted by Gasteiger charge is -2.26. The Balaban J connectivity index is 3.27. The number of carboxylic acid groups (broad SMARTS) is 1. The molecule has 0 spiro atoms. The lowest BCUT2D eigenvalue weighted by Crippen LogP contribution is -2.38. The number of carbonyl (C=O) groups is 2. The predicted octanol–water partition coefficient (Wildman–Crippen LogP) is 0.929. The van der Waals surface area contributed by atoms with Crippen LogP contribution >= 0.6 is 0 Å². The van der Waals surface area contributed by atoms with E-state index in [-0.39, 0.29) is 35.2 Å². The Morgan fingerprint density at radius 2 is 1.96 bits per heavy atom. The number of amides is 1. The van der Waals surface area contributed by atoms with Crippen molar-refractivity contribution in [2.24, 2.45) is 0 Å². The molecule has 1 aromatic rings. The molecular weight excluding hydrogens is 336 g/mol. The van der Waals surface area contributed by atoms with Gasteiger partial charge in [0.05, 0.1) is 13.5 Å². The van der Waals surface area contributed by atoms with Crippen LogP contribution in [0.1, 0.15) is 30.6 Å². The summed E-state index contributed by atoms with van der Waals surface area (Å²) in [6.07, 6.45) is -0.193. The number of hydrogen-bond acceptors (Lipinski definition) is 5. The van der Waals surface area contributed by atoms with Crippen LogP contribution < -0.4 is 9.46 Å². The zero-order valence-corrected chi connectivity index (χ0v) is 14.9. The quantitative estimate of drug-likeness (QED) is 0.715. The highest BCUT2D eigenvalue weighted by atomic mass is 32.2. The SMILES string of the molecule is CNS(=O)(=O)c1cc(C(=O)N(CCC(=O)O)C(C)C)ccc1OC. The summed E-state index contributed by atoms with van der Waals surface area (Å²) in [5.74, 6) is -1.34. The Morgan fingerprint density at radius 1 is 1.33 bits per heavy atom. The molecule has 0 aliphatic heterocycles. The predicted molar refractivity (Wildman–Crippen MR) is 87.7 cm³/mol. The van der Waals surface area contributed by atoms with Crippen LogP contribution in [0.3, 0.4) is 0 Å². The van der Waals surface area contributed by atoms with Gasteiger partial charge in [0.1, 0.15) is 10.6 Å². The number of benzene rings is 1. The molecule has 9 heteroatoms. The zero-order valence-electron chi connectivity index (χ0n) is 14.1. The highest BCUT2D eigenvalue weighted by molar-refractivity contribution is 7.89. The lowest BCUT2D eigenvalue weighted by atomic mass is 10.1. The third-order valence-corrected chi connectivity index (χ3v) is 4.86.